The lowest BCUT2D eigenvalue weighted by Gasteiger charge is -2.46. The molecule has 3 aliphatic heterocycles. The fourth-order valence-electron chi connectivity index (χ4n) is 4.62. The molecule has 2 unspecified atom stereocenters. The third kappa shape index (κ3) is 3.61. The quantitative estimate of drug-likeness (QED) is 0.733. The molecule has 4 nitrogen and oxygen atoms in total. The van der Waals surface area contributed by atoms with E-state index in [0.29, 0.717) is 17.5 Å². The minimum absolute atomic E-state index is 0.0531. The molecule has 3 aliphatic rings. The lowest BCUT2D eigenvalue weighted by molar-refractivity contribution is -0.0354. The van der Waals surface area contributed by atoms with Gasteiger partial charge in [-0.3, -0.25) is 4.90 Å². The van der Waals surface area contributed by atoms with Crippen molar-refractivity contribution < 1.29 is 9.84 Å². The van der Waals surface area contributed by atoms with Gasteiger partial charge < -0.3 is 15.2 Å². The molecule has 2 N–H and O–H groups in total. The molecule has 0 amide bonds. The fraction of sp³-hybridized carbons (Fsp3) is 1.00. The molecule has 2 atom stereocenters. The van der Waals surface area contributed by atoms with Gasteiger partial charge in [-0.15, -0.1) is 0 Å². The van der Waals surface area contributed by atoms with Gasteiger partial charge in [0.2, 0.25) is 0 Å². The third-order valence-corrected chi connectivity index (χ3v) is 5.86. The molecular weight excluding hydrogens is 264 g/mol. The molecule has 3 rings (SSSR count). The first-order valence-electron chi connectivity index (χ1n) is 8.95. The normalized spacial score (nSPS) is 36.0. The van der Waals surface area contributed by atoms with E-state index in [0.717, 1.165) is 39.1 Å². The minimum Gasteiger partial charge on any atom is -0.393 e. The van der Waals surface area contributed by atoms with Crippen LogP contribution in [0.5, 0.6) is 0 Å². The summed E-state index contributed by atoms with van der Waals surface area (Å²) < 4.78 is 5.62. The Morgan fingerprint density at radius 2 is 1.86 bits per heavy atom. The van der Waals surface area contributed by atoms with E-state index < -0.39 is 0 Å². The smallest absolute Gasteiger partial charge is 0.0570 e. The summed E-state index contributed by atoms with van der Waals surface area (Å²) in [5.74, 6) is 0. The Balaban J connectivity index is 1.64. The number of aliphatic hydroxyl groups is 1. The summed E-state index contributed by atoms with van der Waals surface area (Å²) in [6, 6.07) is 1.26. The highest BCUT2D eigenvalue weighted by molar-refractivity contribution is 4.99. The topological polar surface area (TPSA) is 44.7 Å². The number of aliphatic hydroxyl groups excluding tert-OH is 1. The van der Waals surface area contributed by atoms with E-state index in [2.05, 4.69) is 17.1 Å². The molecule has 3 fully saturated rings. The van der Waals surface area contributed by atoms with Crippen LogP contribution in [-0.4, -0.2) is 61.0 Å². The van der Waals surface area contributed by atoms with Crippen LogP contribution in [0.3, 0.4) is 0 Å². The Bertz CT molecular complexity index is 317. The molecule has 0 aromatic heterocycles. The maximum absolute atomic E-state index is 9.99. The molecule has 21 heavy (non-hydrogen) atoms. The van der Waals surface area contributed by atoms with E-state index in [1.165, 1.54) is 38.6 Å². The van der Waals surface area contributed by atoms with Gasteiger partial charge in [-0.2, -0.15) is 0 Å². The van der Waals surface area contributed by atoms with Gasteiger partial charge >= 0.3 is 0 Å². The predicted molar refractivity (Wildman–Crippen MR) is 84.4 cm³/mol. The van der Waals surface area contributed by atoms with Crippen LogP contribution in [0.4, 0.5) is 0 Å². The molecule has 4 heteroatoms. The van der Waals surface area contributed by atoms with Crippen LogP contribution in [-0.2, 0) is 4.74 Å². The summed E-state index contributed by atoms with van der Waals surface area (Å²) in [6.07, 6.45) is 8.07. The van der Waals surface area contributed by atoms with Gasteiger partial charge in [-0.1, -0.05) is 6.92 Å². The van der Waals surface area contributed by atoms with Crippen molar-refractivity contribution in [3.05, 3.63) is 0 Å². The number of hydrogen-bond acceptors (Lipinski definition) is 4. The summed E-state index contributed by atoms with van der Waals surface area (Å²) in [4.78, 5) is 2.74. The highest BCUT2D eigenvalue weighted by atomic mass is 16.5. The Kier molecular flexibility index (Phi) is 5.20. The van der Waals surface area contributed by atoms with Gasteiger partial charge in [0.25, 0.3) is 0 Å². The molecule has 3 heterocycles. The van der Waals surface area contributed by atoms with Crippen LogP contribution in [0.1, 0.15) is 51.9 Å². The molecule has 0 aromatic rings. The zero-order chi connectivity index (χ0) is 14.7. The zero-order valence-corrected chi connectivity index (χ0v) is 13.5. The predicted octanol–water partition coefficient (Wildman–Crippen LogP) is 1.77. The molecule has 0 aromatic carbocycles. The van der Waals surface area contributed by atoms with Crippen LogP contribution >= 0.6 is 0 Å². The van der Waals surface area contributed by atoms with Crippen LogP contribution in [0, 0.1) is 5.41 Å². The molecule has 0 saturated carbocycles. The highest BCUT2D eigenvalue weighted by Crippen LogP contribution is 2.40. The average Bonchev–Trinajstić information content (AvgIpc) is 2.71. The second-order valence-corrected chi connectivity index (χ2v) is 7.47. The van der Waals surface area contributed by atoms with Gasteiger partial charge in [-0.05, 0) is 56.9 Å². The van der Waals surface area contributed by atoms with Crippen molar-refractivity contribution in [2.75, 3.05) is 32.8 Å². The average molecular weight is 296 g/mol. The van der Waals surface area contributed by atoms with Crippen molar-refractivity contribution in [2.45, 2.75) is 70.1 Å². The van der Waals surface area contributed by atoms with Gasteiger partial charge in [0.05, 0.1) is 6.10 Å². The summed E-state index contributed by atoms with van der Waals surface area (Å²) in [5.41, 5.74) is 0.385. The first-order chi connectivity index (χ1) is 10.2. The number of piperidine rings is 1. The minimum atomic E-state index is -0.0531. The number of nitrogens with zero attached hydrogens (tertiary/aromatic N) is 1. The van der Waals surface area contributed by atoms with Gasteiger partial charge in [0.15, 0.2) is 0 Å². The molecule has 2 bridgehead atoms. The summed E-state index contributed by atoms with van der Waals surface area (Å²) in [7, 11) is 0. The SMILES string of the molecule is CCCNCC1(CN2C3CCC2CC(O)C3)CCOCC1. The van der Waals surface area contributed by atoms with E-state index in [1.807, 2.05) is 0 Å². The molecule has 0 radical (unpaired) electrons. The van der Waals surface area contributed by atoms with E-state index >= 15 is 0 Å². The van der Waals surface area contributed by atoms with Gasteiger partial charge in [0, 0.05) is 38.4 Å². The van der Waals surface area contributed by atoms with Crippen LogP contribution < -0.4 is 5.32 Å². The first kappa shape index (κ1) is 15.7. The van der Waals surface area contributed by atoms with Gasteiger partial charge in [-0.25, -0.2) is 0 Å². The van der Waals surface area contributed by atoms with Crippen LogP contribution in [0.15, 0.2) is 0 Å². The van der Waals surface area contributed by atoms with E-state index in [9.17, 15) is 5.11 Å². The molecular formula is C17H32N2O2. The van der Waals surface area contributed by atoms with Crippen molar-refractivity contribution in [1.29, 1.82) is 0 Å². The summed E-state index contributed by atoms with van der Waals surface area (Å²) in [5, 5.41) is 13.7. The lowest BCUT2D eigenvalue weighted by Crippen LogP contribution is -2.53. The maximum Gasteiger partial charge on any atom is 0.0570 e. The molecule has 122 valence electrons. The maximum atomic E-state index is 9.99. The molecule has 0 aliphatic carbocycles. The van der Waals surface area contributed by atoms with Crippen LogP contribution in [0.25, 0.3) is 0 Å². The van der Waals surface area contributed by atoms with E-state index in [-0.39, 0.29) is 6.10 Å². The number of hydrogen-bond donors (Lipinski definition) is 2. The second-order valence-electron chi connectivity index (χ2n) is 7.47. The number of ether oxygens (including phenoxy) is 1. The third-order valence-electron chi connectivity index (χ3n) is 5.86. The van der Waals surface area contributed by atoms with Crippen molar-refractivity contribution >= 4 is 0 Å². The van der Waals surface area contributed by atoms with Crippen molar-refractivity contribution in [2.24, 2.45) is 5.41 Å². The first-order valence-corrected chi connectivity index (χ1v) is 8.95. The van der Waals surface area contributed by atoms with Crippen LogP contribution in [0.2, 0.25) is 0 Å². The van der Waals surface area contributed by atoms with Crippen molar-refractivity contribution in [3.63, 3.8) is 0 Å². The Hall–Kier alpha value is -0.160. The zero-order valence-electron chi connectivity index (χ0n) is 13.5. The van der Waals surface area contributed by atoms with E-state index in [1.54, 1.807) is 0 Å². The number of fused-ring (bicyclic) bond motifs is 2. The Morgan fingerprint density at radius 1 is 1.19 bits per heavy atom. The second kappa shape index (κ2) is 6.95. The standard InChI is InChI=1S/C17H32N2O2/c1-2-7-18-12-17(5-8-21-9-6-17)13-19-14-3-4-15(19)11-16(20)10-14/h14-16,18,20H,2-13H2,1H3. The number of nitrogens with one attached hydrogen (secondary N) is 1. The largest absolute Gasteiger partial charge is 0.393 e. The van der Waals surface area contributed by atoms with Crippen molar-refractivity contribution in [1.82, 2.24) is 10.2 Å². The number of rotatable bonds is 6. The van der Waals surface area contributed by atoms with E-state index in [4.69, 9.17) is 4.74 Å². The molecule has 3 saturated heterocycles. The summed E-state index contributed by atoms with van der Waals surface area (Å²) >= 11 is 0. The highest BCUT2D eigenvalue weighted by Gasteiger charge is 2.44. The van der Waals surface area contributed by atoms with Gasteiger partial charge in [0.1, 0.15) is 0 Å². The monoisotopic (exact) mass is 296 g/mol. The Labute approximate surface area is 129 Å². The fourth-order valence-corrected chi connectivity index (χ4v) is 4.62. The van der Waals surface area contributed by atoms with Crippen molar-refractivity contribution in [3.8, 4) is 0 Å². The Morgan fingerprint density at radius 3 is 2.48 bits per heavy atom. The molecule has 0 spiro atoms. The lowest BCUT2D eigenvalue weighted by atomic mass is 9.78. The summed E-state index contributed by atoms with van der Waals surface area (Å²) in [6.45, 7) is 7.51.